The first kappa shape index (κ1) is 24.7. The lowest BCUT2D eigenvalue weighted by atomic mass is 9.81. The fourth-order valence-electron chi connectivity index (χ4n) is 4.81. The number of hydrogen-bond donors (Lipinski definition) is 2. The Kier molecular flexibility index (Phi) is 5.89. The highest BCUT2D eigenvalue weighted by Gasteiger charge is 2.35. The quantitative estimate of drug-likeness (QED) is 0.351. The van der Waals surface area contributed by atoms with Gasteiger partial charge < -0.3 is 24.4 Å². The summed E-state index contributed by atoms with van der Waals surface area (Å²) >= 11 is 0. The van der Waals surface area contributed by atoms with Gasteiger partial charge in [0.1, 0.15) is 12.7 Å². The Labute approximate surface area is 213 Å². The van der Waals surface area contributed by atoms with Crippen molar-refractivity contribution in [2.75, 3.05) is 13.3 Å². The number of aryl methyl sites for hydroxylation is 2. The molecule has 0 radical (unpaired) electrons. The summed E-state index contributed by atoms with van der Waals surface area (Å²) in [6.07, 6.45) is 5.00. The van der Waals surface area contributed by atoms with Crippen molar-refractivity contribution in [1.29, 1.82) is 0 Å². The van der Waals surface area contributed by atoms with Crippen LogP contribution in [-0.2, 0) is 24.2 Å². The zero-order valence-electron chi connectivity index (χ0n) is 21.1. The van der Waals surface area contributed by atoms with E-state index < -0.39 is 12.7 Å². The van der Waals surface area contributed by atoms with Crippen LogP contribution in [0.3, 0.4) is 0 Å². The zero-order chi connectivity index (χ0) is 26.5. The predicted octanol–water partition coefficient (Wildman–Crippen LogP) is 3.13. The molecule has 0 fully saturated rings. The van der Waals surface area contributed by atoms with E-state index in [9.17, 15) is 14.2 Å². The third-order valence-electron chi connectivity index (χ3n) is 6.94. The lowest BCUT2D eigenvalue weighted by Gasteiger charge is -2.31. The van der Waals surface area contributed by atoms with E-state index in [0.29, 0.717) is 5.56 Å². The summed E-state index contributed by atoms with van der Waals surface area (Å²) in [7, 11) is 1.09. The fourth-order valence-corrected chi connectivity index (χ4v) is 5.70. The molecule has 3 heterocycles. The summed E-state index contributed by atoms with van der Waals surface area (Å²) in [6, 6.07) is 18.0. The van der Waals surface area contributed by atoms with Gasteiger partial charge in [0, 0.05) is 43.1 Å². The van der Waals surface area contributed by atoms with Crippen molar-refractivity contribution in [3.63, 3.8) is 0 Å². The molecule has 2 aromatic carbocycles. The van der Waals surface area contributed by atoms with Crippen molar-refractivity contribution in [1.82, 2.24) is 19.1 Å². The maximum Gasteiger partial charge on any atom is 0.251 e. The van der Waals surface area contributed by atoms with Crippen LogP contribution in [0.25, 0.3) is 22.0 Å². The molecule has 9 heteroatoms. The molecular weight excluding hydrogens is 485 g/mol. The van der Waals surface area contributed by atoms with Gasteiger partial charge in [-0.05, 0) is 59.8 Å². The van der Waals surface area contributed by atoms with Gasteiger partial charge in [0.2, 0.25) is 5.56 Å². The molecule has 3 N–H and O–H groups in total. The van der Waals surface area contributed by atoms with Gasteiger partial charge in [0.25, 0.3) is 5.56 Å². The van der Waals surface area contributed by atoms with Gasteiger partial charge in [-0.3, -0.25) is 9.59 Å². The summed E-state index contributed by atoms with van der Waals surface area (Å²) in [5.74, 6) is 0. The number of H-pyrrole nitrogens is 1. The minimum Gasteiger partial charge on any atom is -0.336 e. The normalized spacial score (nSPS) is 13.5. The molecule has 0 saturated heterocycles. The lowest BCUT2D eigenvalue weighted by Crippen LogP contribution is -2.41. The molecule has 0 saturated carbocycles. The monoisotopic (exact) mass is 513 g/mol. The second-order valence-corrected chi connectivity index (χ2v) is 12.9. The number of nitrogens with zero attached hydrogens (tertiary/aromatic N) is 3. The van der Waals surface area contributed by atoms with Crippen LogP contribution >= 0.6 is 7.14 Å². The predicted molar refractivity (Wildman–Crippen MR) is 148 cm³/mol. The van der Waals surface area contributed by atoms with E-state index in [2.05, 4.69) is 9.97 Å². The number of hydrogen-bond acceptors (Lipinski definition) is 5. The first-order chi connectivity index (χ1) is 17.5. The minimum absolute atomic E-state index is 0.150. The summed E-state index contributed by atoms with van der Waals surface area (Å²) < 4.78 is 16.2. The first-order valence-electron chi connectivity index (χ1n) is 11.8. The van der Waals surface area contributed by atoms with Crippen molar-refractivity contribution in [3.8, 4) is 11.1 Å². The Hall–Kier alpha value is -4.00. The van der Waals surface area contributed by atoms with E-state index in [0.717, 1.165) is 38.6 Å². The molecule has 5 rings (SSSR count). The fraction of sp³-hybridized carbons (Fsp3) is 0.179. The molecular formula is C28H28N5O3P. The number of pyridine rings is 2. The van der Waals surface area contributed by atoms with Crippen molar-refractivity contribution >= 4 is 23.3 Å². The highest BCUT2D eigenvalue weighted by atomic mass is 31.2. The Morgan fingerprint density at radius 3 is 2.38 bits per heavy atom. The van der Waals surface area contributed by atoms with Gasteiger partial charge >= 0.3 is 0 Å². The number of rotatable bonds is 5. The van der Waals surface area contributed by atoms with Gasteiger partial charge in [-0.1, -0.05) is 24.3 Å². The van der Waals surface area contributed by atoms with Crippen LogP contribution < -0.4 is 22.2 Å². The molecule has 8 nitrogen and oxygen atoms in total. The SMILES string of the molecule is Cn1cncc1C(N)(c1ccc(=O)[nH]c1)c1ccc2c(c1)c(-c1cccc(P(C)(C)=O)c1)cc(=O)n2C. The summed E-state index contributed by atoms with van der Waals surface area (Å²) in [6.45, 7) is 3.46. The van der Waals surface area contributed by atoms with Crippen LogP contribution in [-0.4, -0.2) is 32.4 Å². The number of imidazole rings is 1. The highest BCUT2D eigenvalue weighted by molar-refractivity contribution is 7.70. The van der Waals surface area contributed by atoms with Gasteiger partial charge in [-0.2, -0.15) is 0 Å². The molecule has 188 valence electrons. The lowest BCUT2D eigenvalue weighted by molar-refractivity contribution is 0.588. The summed E-state index contributed by atoms with van der Waals surface area (Å²) in [4.78, 5) is 31.7. The summed E-state index contributed by atoms with van der Waals surface area (Å²) in [5, 5.41) is 1.56. The number of nitrogens with one attached hydrogen (secondary N) is 1. The summed E-state index contributed by atoms with van der Waals surface area (Å²) in [5.41, 5.74) is 10.1. The molecule has 1 atom stereocenters. The van der Waals surface area contributed by atoms with E-state index in [-0.39, 0.29) is 11.1 Å². The van der Waals surface area contributed by atoms with Crippen LogP contribution in [0.1, 0.15) is 16.8 Å². The number of benzene rings is 2. The van der Waals surface area contributed by atoms with Gasteiger partial charge in [-0.25, -0.2) is 4.98 Å². The van der Waals surface area contributed by atoms with Gasteiger partial charge in [0.15, 0.2) is 0 Å². The molecule has 5 aromatic rings. The molecule has 0 aliphatic carbocycles. The molecule has 0 bridgehead atoms. The number of aromatic nitrogens is 4. The Bertz CT molecular complexity index is 1810. The standard InChI is InChI=1S/C28H28N5O3P/c1-32-17-30-16-25(32)28(29,20-9-11-26(34)31-15-20)19-8-10-24-23(13-19)22(14-27(35)33(24)2)18-6-5-7-21(12-18)37(3,4)36/h5-17H,29H2,1-4H3,(H,31,34). The molecule has 0 aliphatic heterocycles. The van der Waals surface area contributed by atoms with Crippen molar-refractivity contribution in [3.05, 3.63) is 117 Å². The minimum atomic E-state index is -2.51. The van der Waals surface area contributed by atoms with Gasteiger partial charge in [0.05, 0.1) is 23.7 Å². The zero-order valence-corrected chi connectivity index (χ0v) is 22.0. The van der Waals surface area contributed by atoms with E-state index in [1.54, 1.807) is 55.8 Å². The third kappa shape index (κ3) is 4.18. The molecule has 37 heavy (non-hydrogen) atoms. The average molecular weight is 514 g/mol. The van der Waals surface area contributed by atoms with Crippen LogP contribution in [0.2, 0.25) is 0 Å². The highest BCUT2D eigenvalue weighted by Crippen LogP contribution is 2.39. The van der Waals surface area contributed by atoms with E-state index in [1.165, 1.54) is 6.07 Å². The van der Waals surface area contributed by atoms with E-state index in [1.807, 2.05) is 54.1 Å². The molecule has 0 aliphatic rings. The van der Waals surface area contributed by atoms with Gasteiger partial charge in [-0.15, -0.1) is 0 Å². The molecule has 1 unspecified atom stereocenters. The maximum atomic E-state index is 12.9. The second-order valence-electron chi connectivity index (χ2n) is 9.73. The molecule has 0 amide bonds. The average Bonchev–Trinajstić information content (AvgIpc) is 3.31. The Balaban J connectivity index is 1.83. The van der Waals surface area contributed by atoms with Crippen LogP contribution in [0.4, 0.5) is 0 Å². The largest absolute Gasteiger partial charge is 0.336 e. The van der Waals surface area contributed by atoms with E-state index >= 15 is 0 Å². The first-order valence-corrected chi connectivity index (χ1v) is 14.4. The smallest absolute Gasteiger partial charge is 0.251 e. The number of aromatic amines is 1. The van der Waals surface area contributed by atoms with Crippen molar-refractivity contribution in [2.24, 2.45) is 19.8 Å². The maximum absolute atomic E-state index is 12.9. The number of nitrogens with two attached hydrogens (primary N) is 1. The third-order valence-corrected chi connectivity index (χ3v) is 8.46. The van der Waals surface area contributed by atoms with E-state index in [4.69, 9.17) is 5.73 Å². The number of fused-ring (bicyclic) bond motifs is 1. The Morgan fingerprint density at radius 1 is 0.973 bits per heavy atom. The van der Waals surface area contributed by atoms with Crippen LogP contribution in [0.15, 0.2) is 89.0 Å². The molecule has 0 spiro atoms. The second kappa shape index (κ2) is 8.83. The van der Waals surface area contributed by atoms with Crippen molar-refractivity contribution < 1.29 is 4.57 Å². The van der Waals surface area contributed by atoms with Crippen LogP contribution in [0, 0.1) is 0 Å². The van der Waals surface area contributed by atoms with Crippen LogP contribution in [0.5, 0.6) is 0 Å². The topological polar surface area (TPSA) is 116 Å². The Morgan fingerprint density at radius 2 is 1.73 bits per heavy atom. The van der Waals surface area contributed by atoms with Crippen molar-refractivity contribution in [2.45, 2.75) is 5.54 Å². The molecule has 3 aromatic heterocycles.